The Morgan fingerprint density at radius 3 is 2.28 bits per heavy atom. The molecule has 0 heterocycles. The zero-order valence-electron chi connectivity index (χ0n) is 17.0. The van der Waals surface area contributed by atoms with Crippen LogP contribution in [0.4, 0.5) is 17.1 Å². The zero-order chi connectivity index (χ0) is 22.7. The number of hydrogen-bond acceptors (Lipinski definition) is 6. The number of aliphatic imine (C=N–C) groups is 1. The average Bonchev–Trinajstić information content (AvgIpc) is 2.79. The molecule has 4 aromatic rings. The van der Waals surface area contributed by atoms with Crippen LogP contribution in [-0.4, -0.2) is 16.1 Å². The summed E-state index contributed by atoms with van der Waals surface area (Å²) in [6.45, 7) is 1.99. The molecule has 0 spiro atoms. The molecule has 0 radical (unpaired) electrons. The maximum atomic E-state index is 11.5. The van der Waals surface area contributed by atoms with Crippen LogP contribution in [-0.2, 0) is 0 Å². The number of ether oxygens (including phenoxy) is 1. The first-order valence-electron chi connectivity index (χ1n) is 9.65. The molecule has 8 nitrogen and oxygen atoms in total. The Hall–Kier alpha value is -4.59. The zero-order valence-corrected chi connectivity index (χ0v) is 17.0. The molecule has 0 saturated heterocycles. The first kappa shape index (κ1) is 20.7. The summed E-state index contributed by atoms with van der Waals surface area (Å²) in [6.07, 6.45) is 1.65. The van der Waals surface area contributed by atoms with Gasteiger partial charge in [0.2, 0.25) is 5.75 Å². The van der Waals surface area contributed by atoms with Crippen molar-refractivity contribution in [3.8, 4) is 11.5 Å². The molecule has 0 N–H and O–H groups in total. The molecule has 0 amide bonds. The van der Waals surface area contributed by atoms with E-state index < -0.39 is 15.5 Å². The van der Waals surface area contributed by atoms with Crippen molar-refractivity contribution in [2.45, 2.75) is 6.92 Å². The number of rotatable bonds is 6. The number of fused-ring (bicyclic) bond motifs is 1. The maximum absolute atomic E-state index is 11.5. The first-order valence-corrected chi connectivity index (χ1v) is 9.65. The molecule has 0 aliphatic rings. The second-order valence-corrected chi connectivity index (χ2v) is 7.06. The van der Waals surface area contributed by atoms with E-state index in [1.54, 1.807) is 12.3 Å². The highest BCUT2D eigenvalue weighted by atomic mass is 16.6. The Bertz CT molecular complexity index is 1360. The molecule has 32 heavy (non-hydrogen) atoms. The summed E-state index contributed by atoms with van der Waals surface area (Å²) in [5.74, 6) is 0.248. The van der Waals surface area contributed by atoms with Crippen LogP contribution in [0.15, 0.2) is 83.9 Å². The van der Waals surface area contributed by atoms with Crippen molar-refractivity contribution >= 4 is 34.0 Å². The second-order valence-electron chi connectivity index (χ2n) is 7.06. The third kappa shape index (κ3) is 4.29. The van der Waals surface area contributed by atoms with Gasteiger partial charge in [0.05, 0.1) is 21.6 Å². The molecule has 0 aromatic heterocycles. The lowest BCUT2D eigenvalue weighted by Crippen LogP contribution is -1.98. The van der Waals surface area contributed by atoms with E-state index in [4.69, 9.17) is 4.74 Å². The van der Waals surface area contributed by atoms with Crippen molar-refractivity contribution in [2.24, 2.45) is 4.99 Å². The van der Waals surface area contributed by atoms with Crippen LogP contribution in [0, 0.1) is 27.2 Å². The molecule has 0 saturated carbocycles. The first-order chi connectivity index (χ1) is 15.4. The third-order valence-corrected chi connectivity index (χ3v) is 4.88. The summed E-state index contributed by atoms with van der Waals surface area (Å²) in [5.41, 5.74) is 1.62. The fourth-order valence-corrected chi connectivity index (χ4v) is 3.23. The molecule has 0 fully saturated rings. The van der Waals surface area contributed by atoms with Gasteiger partial charge in [-0.1, -0.05) is 48.0 Å². The normalized spacial score (nSPS) is 11.0. The largest absolute Gasteiger partial charge is 0.449 e. The Balaban J connectivity index is 1.81. The number of nitro groups is 2. The van der Waals surface area contributed by atoms with Gasteiger partial charge < -0.3 is 4.74 Å². The van der Waals surface area contributed by atoms with Gasteiger partial charge in [-0.05, 0) is 42.0 Å². The molecule has 0 bridgehead atoms. The Morgan fingerprint density at radius 2 is 1.56 bits per heavy atom. The summed E-state index contributed by atoms with van der Waals surface area (Å²) in [7, 11) is 0. The number of nitrogens with zero attached hydrogens (tertiary/aromatic N) is 3. The van der Waals surface area contributed by atoms with Crippen LogP contribution < -0.4 is 4.74 Å². The summed E-state index contributed by atoms with van der Waals surface area (Å²) in [4.78, 5) is 25.7. The van der Waals surface area contributed by atoms with Crippen molar-refractivity contribution in [1.29, 1.82) is 0 Å². The molecule has 0 unspecified atom stereocenters. The topological polar surface area (TPSA) is 108 Å². The van der Waals surface area contributed by atoms with Gasteiger partial charge in [-0.15, -0.1) is 0 Å². The summed E-state index contributed by atoms with van der Waals surface area (Å²) >= 11 is 0. The van der Waals surface area contributed by atoms with E-state index in [1.165, 1.54) is 12.1 Å². The van der Waals surface area contributed by atoms with E-state index in [9.17, 15) is 20.2 Å². The molecular formula is C24H17N3O5. The van der Waals surface area contributed by atoms with E-state index in [1.807, 2.05) is 61.5 Å². The van der Waals surface area contributed by atoms with E-state index >= 15 is 0 Å². The highest BCUT2D eigenvalue weighted by Gasteiger charge is 2.22. The van der Waals surface area contributed by atoms with Gasteiger partial charge in [-0.3, -0.25) is 25.2 Å². The van der Waals surface area contributed by atoms with Crippen LogP contribution >= 0.6 is 0 Å². The standard InChI is InChI=1S/C24H17N3O5/c1-16-6-9-18(10-7-16)25-15-21-20-5-3-2-4-17(20)8-12-23(21)32-24-13-11-19(26(28)29)14-22(24)27(30)31/h2-15H,1H3. The number of hydrogen-bond donors (Lipinski definition) is 0. The van der Waals surface area contributed by atoms with E-state index in [-0.39, 0.29) is 11.4 Å². The van der Waals surface area contributed by atoms with Crippen LogP contribution in [0.3, 0.4) is 0 Å². The molecule has 4 aromatic carbocycles. The van der Waals surface area contributed by atoms with Crippen LogP contribution in [0.1, 0.15) is 11.1 Å². The van der Waals surface area contributed by atoms with E-state index in [0.29, 0.717) is 11.3 Å². The molecule has 0 atom stereocenters. The lowest BCUT2D eigenvalue weighted by Gasteiger charge is -2.12. The van der Waals surface area contributed by atoms with Gasteiger partial charge in [-0.2, -0.15) is 0 Å². The Morgan fingerprint density at radius 1 is 0.844 bits per heavy atom. The highest BCUT2D eigenvalue weighted by molar-refractivity contribution is 6.03. The molecule has 158 valence electrons. The van der Waals surface area contributed by atoms with Gasteiger partial charge in [0.1, 0.15) is 5.75 Å². The van der Waals surface area contributed by atoms with Crippen molar-refractivity contribution in [1.82, 2.24) is 0 Å². The minimum Gasteiger partial charge on any atom is -0.449 e. The van der Waals surface area contributed by atoms with Crippen LogP contribution in [0.5, 0.6) is 11.5 Å². The third-order valence-electron chi connectivity index (χ3n) is 4.88. The number of benzene rings is 4. The van der Waals surface area contributed by atoms with Crippen LogP contribution in [0.2, 0.25) is 0 Å². The van der Waals surface area contributed by atoms with Crippen molar-refractivity contribution in [2.75, 3.05) is 0 Å². The fraction of sp³-hybridized carbons (Fsp3) is 0.0417. The lowest BCUT2D eigenvalue weighted by molar-refractivity contribution is -0.394. The van der Waals surface area contributed by atoms with E-state index in [0.717, 1.165) is 28.1 Å². The number of nitro benzene ring substituents is 2. The minimum absolute atomic E-state index is 0.0964. The predicted molar refractivity (Wildman–Crippen MR) is 122 cm³/mol. The number of aryl methyl sites for hydroxylation is 1. The van der Waals surface area contributed by atoms with E-state index in [2.05, 4.69) is 4.99 Å². The monoisotopic (exact) mass is 427 g/mol. The van der Waals surface area contributed by atoms with Crippen LogP contribution in [0.25, 0.3) is 10.8 Å². The van der Waals surface area contributed by atoms with Crippen molar-refractivity contribution < 1.29 is 14.6 Å². The van der Waals surface area contributed by atoms with Crippen molar-refractivity contribution in [3.05, 3.63) is 110 Å². The Kier molecular flexibility index (Phi) is 5.59. The molecule has 4 rings (SSSR count). The summed E-state index contributed by atoms with van der Waals surface area (Å²) in [6, 6.07) is 22.1. The van der Waals surface area contributed by atoms with Crippen molar-refractivity contribution in [3.63, 3.8) is 0 Å². The summed E-state index contributed by atoms with van der Waals surface area (Å²) in [5, 5.41) is 24.3. The minimum atomic E-state index is -0.705. The molecule has 0 aliphatic carbocycles. The van der Waals surface area contributed by atoms with Gasteiger partial charge in [0, 0.05) is 17.8 Å². The second kappa shape index (κ2) is 8.65. The smallest absolute Gasteiger partial charge is 0.318 e. The molecular weight excluding hydrogens is 410 g/mol. The quantitative estimate of drug-likeness (QED) is 0.198. The number of non-ortho nitro benzene ring substituents is 1. The maximum Gasteiger partial charge on any atom is 0.318 e. The van der Waals surface area contributed by atoms with Gasteiger partial charge >= 0.3 is 5.69 Å². The average molecular weight is 427 g/mol. The Labute approximate surface area is 182 Å². The van der Waals surface area contributed by atoms with Gasteiger partial charge in [0.25, 0.3) is 5.69 Å². The van der Waals surface area contributed by atoms with Gasteiger partial charge in [0.15, 0.2) is 0 Å². The SMILES string of the molecule is Cc1ccc(N=Cc2c(Oc3ccc([N+](=O)[O-])cc3[N+](=O)[O-])ccc3ccccc23)cc1. The predicted octanol–water partition coefficient (Wildman–Crippen LogP) is 6.51. The van der Waals surface area contributed by atoms with Gasteiger partial charge in [-0.25, -0.2) is 0 Å². The lowest BCUT2D eigenvalue weighted by atomic mass is 10.0. The summed E-state index contributed by atoms with van der Waals surface area (Å²) < 4.78 is 5.90. The molecule has 8 heteroatoms. The molecule has 0 aliphatic heterocycles. The fourth-order valence-electron chi connectivity index (χ4n) is 3.23. The highest BCUT2D eigenvalue weighted by Crippen LogP contribution is 2.37.